The van der Waals surface area contributed by atoms with Gasteiger partial charge in [-0.15, -0.1) is 0 Å². The lowest BCUT2D eigenvalue weighted by Gasteiger charge is -2.16. The van der Waals surface area contributed by atoms with Crippen LogP contribution in [0, 0.1) is 10.4 Å². The van der Waals surface area contributed by atoms with Crippen molar-refractivity contribution >= 4 is 38.9 Å². The van der Waals surface area contributed by atoms with E-state index in [4.69, 9.17) is 9.57 Å². The van der Waals surface area contributed by atoms with E-state index in [2.05, 4.69) is 26.3 Å². The van der Waals surface area contributed by atoms with E-state index in [9.17, 15) is 15.2 Å². The van der Waals surface area contributed by atoms with Gasteiger partial charge in [-0.05, 0) is 26.0 Å². The molecule has 2 heterocycles. The number of anilines is 1. The standard InChI is InChI=1S/C17H20BrN5O5/c1-11(2)28-21-8-6-13(10-21)27-16(24)5-7-19-17-20-23(26)15-9-12(18)3-4-14(15)22(17)25/h3-4,9-11H,5-8H2,1-2H3,(H,19,20). The lowest BCUT2D eigenvalue weighted by atomic mass is 10.3. The van der Waals surface area contributed by atoms with Crippen molar-refractivity contribution in [3.05, 3.63) is 45.0 Å². The Labute approximate surface area is 169 Å². The third kappa shape index (κ3) is 4.78. The van der Waals surface area contributed by atoms with Crippen molar-refractivity contribution in [3.8, 4) is 0 Å². The Balaban J connectivity index is 1.56. The summed E-state index contributed by atoms with van der Waals surface area (Å²) in [7, 11) is 0. The van der Waals surface area contributed by atoms with Gasteiger partial charge in [0, 0.05) is 21.8 Å². The quantitative estimate of drug-likeness (QED) is 0.380. The summed E-state index contributed by atoms with van der Waals surface area (Å²) >= 11 is 3.24. The molecule has 1 aliphatic heterocycles. The number of rotatable bonds is 7. The van der Waals surface area contributed by atoms with Crippen molar-refractivity contribution in [2.24, 2.45) is 0 Å². The van der Waals surface area contributed by atoms with Crippen molar-refractivity contribution in [1.29, 1.82) is 0 Å². The van der Waals surface area contributed by atoms with Gasteiger partial charge in [0.25, 0.3) is 0 Å². The summed E-state index contributed by atoms with van der Waals surface area (Å²) in [4.78, 5) is 17.8. The number of fused-ring (bicyclic) bond motifs is 1. The van der Waals surface area contributed by atoms with E-state index in [0.717, 1.165) is 0 Å². The first-order chi connectivity index (χ1) is 13.3. The van der Waals surface area contributed by atoms with Gasteiger partial charge in [0.2, 0.25) is 5.10 Å². The molecule has 1 aromatic carbocycles. The molecular weight excluding hydrogens is 434 g/mol. The zero-order valence-corrected chi connectivity index (χ0v) is 17.0. The number of nitrogens with one attached hydrogen (secondary N) is 1. The predicted molar refractivity (Wildman–Crippen MR) is 102 cm³/mol. The van der Waals surface area contributed by atoms with E-state index in [0.29, 0.717) is 32.8 Å². The summed E-state index contributed by atoms with van der Waals surface area (Å²) in [6.45, 7) is 4.54. The molecule has 0 atom stereocenters. The van der Waals surface area contributed by atoms with Crippen LogP contribution in [0.3, 0.4) is 0 Å². The molecule has 1 aliphatic rings. The lowest BCUT2D eigenvalue weighted by Crippen LogP contribution is -2.44. The Hall–Kier alpha value is -2.66. The van der Waals surface area contributed by atoms with Crippen LogP contribution in [0.15, 0.2) is 34.6 Å². The van der Waals surface area contributed by atoms with E-state index in [1.165, 1.54) is 12.1 Å². The van der Waals surface area contributed by atoms with Crippen LogP contribution in [0.1, 0.15) is 26.7 Å². The van der Waals surface area contributed by atoms with Gasteiger partial charge in [-0.25, -0.2) is 4.73 Å². The second kappa shape index (κ2) is 8.57. The van der Waals surface area contributed by atoms with Crippen LogP contribution in [-0.2, 0) is 14.4 Å². The molecule has 0 saturated carbocycles. The highest BCUT2D eigenvalue weighted by Gasteiger charge is 2.21. The van der Waals surface area contributed by atoms with Crippen molar-refractivity contribution in [3.63, 3.8) is 0 Å². The smallest absolute Gasteiger partial charge is 0.460 e. The number of carbonyl (C=O) groups is 1. The van der Waals surface area contributed by atoms with Crippen molar-refractivity contribution in [1.82, 2.24) is 10.2 Å². The fraction of sp³-hybridized carbons (Fsp3) is 0.412. The molecule has 0 bridgehead atoms. The van der Waals surface area contributed by atoms with Crippen molar-refractivity contribution in [2.45, 2.75) is 32.8 Å². The summed E-state index contributed by atoms with van der Waals surface area (Å²) in [6.07, 6.45) is 2.26. The molecule has 150 valence electrons. The summed E-state index contributed by atoms with van der Waals surface area (Å²) in [6, 6.07) is 4.67. The molecule has 0 aliphatic carbocycles. The highest BCUT2D eigenvalue weighted by atomic mass is 79.9. The number of hydrogen-bond acceptors (Lipinski definition) is 8. The number of aromatic nitrogens is 3. The summed E-state index contributed by atoms with van der Waals surface area (Å²) in [5.41, 5.74) is 0.301. The first kappa shape index (κ1) is 20.1. The third-order valence-electron chi connectivity index (χ3n) is 3.81. The molecule has 0 unspecified atom stereocenters. The molecule has 1 aromatic heterocycles. The SMILES string of the molecule is CC(C)ON1C=C(OC(=O)CCNc2n[n+]([O-])c3cc(Br)ccc3[n+]2[O-])CC1. The molecule has 10 nitrogen and oxygen atoms in total. The highest BCUT2D eigenvalue weighted by Crippen LogP contribution is 2.17. The van der Waals surface area contributed by atoms with Gasteiger partial charge in [-0.2, -0.15) is 0 Å². The fourth-order valence-electron chi connectivity index (χ4n) is 2.64. The molecule has 11 heteroatoms. The zero-order chi connectivity index (χ0) is 20.3. The Morgan fingerprint density at radius 2 is 2.18 bits per heavy atom. The minimum atomic E-state index is -0.456. The van der Waals surface area contributed by atoms with Gasteiger partial charge < -0.3 is 15.2 Å². The summed E-state index contributed by atoms with van der Waals surface area (Å²) in [5, 5.41) is 32.4. The van der Waals surface area contributed by atoms with E-state index >= 15 is 0 Å². The highest BCUT2D eigenvalue weighted by molar-refractivity contribution is 9.10. The van der Waals surface area contributed by atoms with Gasteiger partial charge in [0.15, 0.2) is 5.52 Å². The van der Waals surface area contributed by atoms with Crippen LogP contribution in [0.5, 0.6) is 0 Å². The molecule has 3 rings (SSSR count). The number of halogens is 1. The van der Waals surface area contributed by atoms with Gasteiger partial charge >= 0.3 is 17.4 Å². The average Bonchev–Trinajstić information content (AvgIpc) is 3.05. The number of benzene rings is 1. The third-order valence-corrected chi connectivity index (χ3v) is 4.30. The van der Waals surface area contributed by atoms with Crippen LogP contribution in [0.4, 0.5) is 5.95 Å². The van der Waals surface area contributed by atoms with Gasteiger partial charge in [-0.1, -0.05) is 15.9 Å². The zero-order valence-electron chi connectivity index (χ0n) is 15.4. The van der Waals surface area contributed by atoms with Crippen LogP contribution < -0.4 is 14.9 Å². The Bertz CT molecular complexity index is 920. The number of ether oxygens (including phenoxy) is 1. The summed E-state index contributed by atoms with van der Waals surface area (Å²) in [5.74, 6) is -0.118. The number of nitrogens with zero attached hydrogens (tertiary/aromatic N) is 4. The second-order valence-electron chi connectivity index (χ2n) is 6.42. The molecule has 0 fully saturated rings. The monoisotopic (exact) mass is 453 g/mol. The van der Waals surface area contributed by atoms with Crippen LogP contribution in [0.25, 0.3) is 11.0 Å². The normalized spacial score (nSPS) is 13.9. The number of hydroxylamine groups is 2. The lowest BCUT2D eigenvalue weighted by molar-refractivity contribution is -0.672. The second-order valence-corrected chi connectivity index (χ2v) is 7.33. The number of carbonyl (C=O) groups excluding carboxylic acids is 1. The molecule has 1 N–H and O–H groups in total. The van der Waals surface area contributed by atoms with Crippen molar-refractivity contribution < 1.29 is 23.9 Å². The molecule has 0 saturated heterocycles. The number of esters is 1. The van der Waals surface area contributed by atoms with E-state index in [1.807, 2.05) is 13.8 Å². The van der Waals surface area contributed by atoms with Gasteiger partial charge in [0.1, 0.15) is 5.76 Å². The largest absolute Gasteiger partial charge is 0.739 e. The van der Waals surface area contributed by atoms with E-state index in [1.54, 1.807) is 17.3 Å². The minimum Gasteiger partial charge on any atom is -0.739 e. The Morgan fingerprint density at radius 1 is 1.39 bits per heavy atom. The predicted octanol–water partition coefficient (Wildman–Crippen LogP) is 1.50. The fourth-order valence-corrected chi connectivity index (χ4v) is 2.99. The molecule has 0 amide bonds. The molecule has 2 aromatic rings. The first-order valence-electron chi connectivity index (χ1n) is 8.75. The molecule has 0 radical (unpaired) electrons. The van der Waals surface area contributed by atoms with Crippen LogP contribution >= 0.6 is 15.9 Å². The van der Waals surface area contributed by atoms with E-state index < -0.39 is 5.97 Å². The van der Waals surface area contributed by atoms with Gasteiger partial charge in [0.05, 0.1) is 31.8 Å². The maximum absolute atomic E-state index is 12.3. The summed E-state index contributed by atoms with van der Waals surface area (Å²) < 4.78 is 6.46. The minimum absolute atomic E-state index is 0.00128. The maximum atomic E-state index is 12.3. The van der Waals surface area contributed by atoms with Crippen LogP contribution in [-0.4, -0.2) is 35.3 Å². The maximum Gasteiger partial charge on any atom is 0.460 e. The first-order valence-corrected chi connectivity index (χ1v) is 9.54. The molecular formula is C17H20BrN5O5. The topological polar surface area (TPSA) is 118 Å². The Kier molecular flexibility index (Phi) is 6.15. The molecule has 28 heavy (non-hydrogen) atoms. The molecule has 0 spiro atoms. The Morgan fingerprint density at radius 3 is 2.93 bits per heavy atom. The number of hydrogen-bond donors (Lipinski definition) is 1. The van der Waals surface area contributed by atoms with Gasteiger partial charge in [-0.3, -0.25) is 20.0 Å². The average molecular weight is 454 g/mol. The van der Waals surface area contributed by atoms with Crippen molar-refractivity contribution in [2.75, 3.05) is 18.4 Å². The van der Waals surface area contributed by atoms with Crippen LogP contribution in [0.2, 0.25) is 0 Å². The van der Waals surface area contributed by atoms with E-state index in [-0.39, 0.29) is 36.1 Å².